The van der Waals surface area contributed by atoms with Crippen molar-refractivity contribution in [2.75, 3.05) is 29.2 Å². The maximum Gasteiger partial charge on any atom is 0.325 e. The SMILES string of the molecule is CCN(CC)c1ccc(NC(=O)NC(=O)CCl)cc1. The Hall–Kier alpha value is -1.75. The highest BCUT2D eigenvalue weighted by Gasteiger charge is 2.07. The number of nitrogens with zero attached hydrogens (tertiary/aromatic N) is 1. The molecule has 0 heterocycles. The van der Waals surface area contributed by atoms with Crippen molar-refractivity contribution in [3.8, 4) is 0 Å². The topological polar surface area (TPSA) is 61.4 Å². The lowest BCUT2D eigenvalue weighted by atomic mass is 10.2. The molecule has 19 heavy (non-hydrogen) atoms. The molecule has 0 bridgehead atoms. The molecule has 0 spiro atoms. The van der Waals surface area contributed by atoms with Gasteiger partial charge in [-0.2, -0.15) is 0 Å². The fourth-order valence-corrected chi connectivity index (χ4v) is 1.73. The summed E-state index contributed by atoms with van der Waals surface area (Å²) in [5.41, 5.74) is 1.71. The van der Waals surface area contributed by atoms with Crippen molar-refractivity contribution in [1.82, 2.24) is 5.32 Å². The van der Waals surface area contributed by atoms with Crippen LogP contribution in [0.5, 0.6) is 0 Å². The van der Waals surface area contributed by atoms with E-state index in [1.54, 1.807) is 12.1 Å². The summed E-state index contributed by atoms with van der Waals surface area (Å²) < 4.78 is 0. The molecule has 0 aromatic heterocycles. The Labute approximate surface area is 117 Å². The first-order chi connectivity index (χ1) is 9.10. The van der Waals surface area contributed by atoms with Gasteiger partial charge in [0, 0.05) is 24.5 Å². The first kappa shape index (κ1) is 15.3. The summed E-state index contributed by atoms with van der Waals surface area (Å²) in [6.07, 6.45) is 0. The fourth-order valence-electron chi connectivity index (χ4n) is 1.67. The molecule has 0 saturated heterocycles. The Morgan fingerprint density at radius 2 is 1.74 bits per heavy atom. The number of alkyl halides is 1. The number of amides is 3. The zero-order valence-electron chi connectivity index (χ0n) is 11.1. The number of benzene rings is 1. The molecule has 1 aromatic rings. The van der Waals surface area contributed by atoms with Crippen molar-refractivity contribution in [3.63, 3.8) is 0 Å². The highest BCUT2D eigenvalue weighted by Crippen LogP contribution is 2.17. The molecule has 6 heteroatoms. The molecule has 3 amide bonds. The van der Waals surface area contributed by atoms with Gasteiger partial charge >= 0.3 is 6.03 Å². The second-order valence-electron chi connectivity index (χ2n) is 3.86. The van der Waals surface area contributed by atoms with Gasteiger partial charge in [0.15, 0.2) is 0 Å². The second-order valence-corrected chi connectivity index (χ2v) is 4.12. The number of nitrogens with one attached hydrogen (secondary N) is 2. The molecule has 0 atom stereocenters. The Morgan fingerprint density at radius 1 is 1.16 bits per heavy atom. The summed E-state index contributed by atoms with van der Waals surface area (Å²) in [4.78, 5) is 24.5. The minimum absolute atomic E-state index is 0.242. The predicted molar refractivity (Wildman–Crippen MR) is 77.9 cm³/mol. The maximum atomic E-state index is 11.4. The van der Waals surface area contributed by atoms with E-state index in [1.807, 2.05) is 12.1 Å². The largest absolute Gasteiger partial charge is 0.372 e. The number of rotatable bonds is 5. The predicted octanol–water partition coefficient (Wildman–Crippen LogP) is 2.42. The van der Waals surface area contributed by atoms with Crippen molar-refractivity contribution in [1.29, 1.82) is 0 Å². The van der Waals surface area contributed by atoms with Crippen LogP contribution in [0.4, 0.5) is 16.2 Å². The van der Waals surface area contributed by atoms with Crippen LogP contribution in [-0.4, -0.2) is 30.9 Å². The van der Waals surface area contributed by atoms with Crippen molar-refractivity contribution in [3.05, 3.63) is 24.3 Å². The Balaban J connectivity index is 2.61. The Morgan fingerprint density at radius 3 is 2.21 bits per heavy atom. The fraction of sp³-hybridized carbons (Fsp3) is 0.385. The smallest absolute Gasteiger partial charge is 0.325 e. The van der Waals surface area contributed by atoms with E-state index in [1.165, 1.54) is 0 Å². The lowest BCUT2D eigenvalue weighted by molar-refractivity contribution is -0.117. The number of halogens is 1. The average molecular weight is 284 g/mol. The molecule has 1 aromatic carbocycles. The van der Waals surface area contributed by atoms with E-state index in [4.69, 9.17) is 11.6 Å². The number of urea groups is 1. The number of hydrogen-bond donors (Lipinski definition) is 2. The van der Waals surface area contributed by atoms with Crippen LogP contribution in [0.1, 0.15) is 13.8 Å². The molecule has 0 fully saturated rings. The quantitative estimate of drug-likeness (QED) is 0.816. The van der Waals surface area contributed by atoms with Gasteiger partial charge in [0.2, 0.25) is 5.91 Å². The summed E-state index contributed by atoms with van der Waals surface area (Å²) in [5.74, 6) is -0.771. The van der Waals surface area contributed by atoms with E-state index >= 15 is 0 Å². The monoisotopic (exact) mass is 283 g/mol. The van der Waals surface area contributed by atoms with Crippen LogP contribution in [0, 0.1) is 0 Å². The molecule has 0 aliphatic heterocycles. The van der Waals surface area contributed by atoms with E-state index in [-0.39, 0.29) is 5.88 Å². The molecule has 2 N–H and O–H groups in total. The zero-order chi connectivity index (χ0) is 14.3. The highest BCUT2D eigenvalue weighted by atomic mass is 35.5. The molecular weight excluding hydrogens is 266 g/mol. The van der Waals surface area contributed by atoms with E-state index in [0.29, 0.717) is 5.69 Å². The van der Waals surface area contributed by atoms with Gasteiger partial charge < -0.3 is 10.2 Å². The average Bonchev–Trinajstić information content (AvgIpc) is 2.41. The molecule has 5 nitrogen and oxygen atoms in total. The van der Waals surface area contributed by atoms with Crippen molar-refractivity contribution in [2.45, 2.75) is 13.8 Å². The third-order valence-corrected chi connectivity index (χ3v) is 2.87. The standard InChI is InChI=1S/C13H18ClN3O2/c1-3-17(4-2)11-7-5-10(6-8-11)15-13(19)16-12(18)9-14/h5-8H,3-4,9H2,1-2H3,(H2,15,16,18,19). The third kappa shape index (κ3) is 4.79. The van der Waals surface area contributed by atoms with Crippen molar-refractivity contribution < 1.29 is 9.59 Å². The summed E-state index contributed by atoms with van der Waals surface area (Å²) in [5, 5.41) is 4.67. The number of hydrogen-bond acceptors (Lipinski definition) is 3. The molecule has 0 unspecified atom stereocenters. The first-order valence-corrected chi connectivity index (χ1v) is 6.66. The Kier molecular flexibility index (Phi) is 6.15. The van der Waals surface area contributed by atoms with Crippen molar-refractivity contribution >= 4 is 34.9 Å². The van der Waals surface area contributed by atoms with Crippen molar-refractivity contribution in [2.24, 2.45) is 0 Å². The molecule has 1 rings (SSSR count). The van der Waals surface area contributed by atoms with Gasteiger partial charge in [-0.15, -0.1) is 11.6 Å². The lowest BCUT2D eigenvalue weighted by Gasteiger charge is -2.21. The number of imide groups is 1. The van der Waals surface area contributed by atoms with Crippen LogP contribution in [0.2, 0.25) is 0 Å². The normalized spacial score (nSPS) is 9.84. The lowest BCUT2D eigenvalue weighted by Crippen LogP contribution is -2.35. The van der Waals surface area contributed by atoms with Gasteiger partial charge in [-0.1, -0.05) is 0 Å². The summed E-state index contributed by atoms with van der Waals surface area (Å²) in [6, 6.07) is 6.84. The van der Waals surface area contributed by atoms with Crippen LogP contribution in [0.3, 0.4) is 0 Å². The van der Waals surface area contributed by atoms with E-state index in [0.717, 1.165) is 18.8 Å². The molecule has 104 valence electrons. The second kappa shape index (κ2) is 7.63. The zero-order valence-corrected chi connectivity index (χ0v) is 11.8. The maximum absolute atomic E-state index is 11.4. The minimum atomic E-state index is -0.582. The number of carbonyl (C=O) groups excluding carboxylic acids is 2. The molecule has 0 aliphatic carbocycles. The van der Waals surface area contributed by atoms with Gasteiger partial charge in [-0.25, -0.2) is 4.79 Å². The molecular formula is C13H18ClN3O2. The minimum Gasteiger partial charge on any atom is -0.372 e. The van der Waals surface area contributed by atoms with Gasteiger partial charge in [0.1, 0.15) is 5.88 Å². The number of anilines is 2. The van der Waals surface area contributed by atoms with E-state index < -0.39 is 11.9 Å². The first-order valence-electron chi connectivity index (χ1n) is 6.12. The van der Waals surface area contributed by atoms with E-state index in [9.17, 15) is 9.59 Å². The highest BCUT2D eigenvalue weighted by molar-refractivity contribution is 6.28. The van der Waals surface area contributed by atoms with Gasteiger partial charge in [-0.05, 0) is 38.1 Å². The number of carbonyl (C=O) groups is 2. The van der Waals surface area contributed by atoms with Gasteiger partial charge in [0.05, 0.1) is 0 Å². The van der Waals surface area contributed by atoms with Gasteiger partial charge in [-0.3, -0.25) is 10.1 Å². The summed E-state index contributed by atoms with van der Waals surface area (Å²) >= 11 is 5.29. The van der Waals surface area contributed by atoms with Crippen LogP contribution < -0.4 is 15.5 Å². The van der Waals surface area contributed by atoms with Crippen LogP contribution in [-0.2, 0) is 4.79 Å². The molecule has 0 radical (unpaired) electrons. The third-order valence-electron chi connectivity index (χ3n) is 2.63. The summed E-state index contributed by atoms with van der Waals surface area (Å²) in [6.45, 7) is 6.02. The van der Waals surface area contributed by atoms with Crippen LogP contribution >= 0.6 is 11.6 Å². The summed E-state index contributed by atoms with van der Waals surface area (Å²) in [7, 11) is 0. The van der Waals surface area contributed by atoms with Gasteiger partial charge in [0.25, 0.3) is 0 Å². The van der Waals surface area contributed by atoms with Crippen LogP contribution in [0.25, 0.3) is 0 Å². The molecule has 0 saturated carbocycles. The van der Waals surface area contributed by atoms with E-state index in [2.05, 4.69) is 29.4 Å². The van der Waals surface area contributed by atoms with Crippen LogP contribution in [0.15, 0.2) is 24.3 Å². The molecule has 0 aliphatic rings. The Bertz CT molecular complexity index is 430.